The minimum absolute atomic E-state index is 0.344. The average Bonchev–Trinajstić information content (AvgIpc) is 2.88. The number of likely N-dealkylation sites (N-methyl/N-ethyl adjacent to an activating group) is 1. The summed E-state index contributed by atoms with van der Waals surface area (Å²) in [6.07, 6.45) is 4.63. The van der Waals surface area contributed by atoms with Gasteiger partial charge in [0, 0.05) is 0 Å². The van der Waals surface area contributed by atoms with Crippen LogP contribution in [0.25, 0.3) is 6.08 Å². The molecule has 1 aromatic carbocycles. The van der Waals surface area contributed by atoms with Crippen LogP contribution >= 0.6 is 0 Å². The third kappa shape index (κ3) is 1.70. The lowest BCUT2D eigenvalue weighted by Crippen LogP contribution is -2.20. The van der Waals surface area contributed by atoms with Crippen LogP contribution < -0.4 is 9.47 Å². The van der Waals surface area contributed by atoms with Crippen LogP contribution in [0.3, 0.4) is 0 Å². The Hall–Kier alpha value is -1.48. The number of benzene rings is 1. The van der Waals surface area contributed by atoms with E-state index in [0.717, 1.165) is 17.9 Å². The highest BCUT2D eigenvalue weighted by Crippen LogP contribution is 2.45. The molecule has 0 spiro atoms. The molecular weight excluding hydrogens is 226 g/mol. The molecule has 1 aliphatic heterocycles. The fraction of sp³-hybridized carbons (Fsp3) is 0.467. The molecule has 1 aromatic rings. The van der Waals surface area contributed by atoms with E-state index in [4.69, 9.17) is 9.47 Å². The van der Waals surface area contributed by atoms with Crippen molar-refractivity contribution >= 4 is 6.08 Å². The molecule has 3 nitrogen and oxygen atoms in total. The lowest BCUT2D eigenvalue weighted by atomic mass is 9.99. The maximum Gasteiger partial charge on any atom is 0.231 e. The topological polar surface area (TPSA) is 21.7 Å². The molecule has 2 aliphatic rings. The quantitative estimate of drug-likeness (QED) is 0.816. The van der Waals surface area contributed by atoms with Gasteiger partial charge >= 0.3 is 0 Å². The summed E-state index contributed by atoms with van der Waals surface area (Å²) in [5.41, 5.74) is 4.11. The molecule has 0 fully saturated rings. The normalized spacial score (nSPS) is 20.2. The summed E-state index contributed by atoms with van der Waals surface area (Å²) in [7, 11) is 4.27. The van der Waals surface area contributed by atoms with Crippen molar-refractivity contribution in [1.29, 1.82) is 0 Å². The molecule has 1 aliphatic carbocycles. The largest absolute Gasteiger partial charge is 0.454 e. The summed E-state index contributed by atoms with van der Waals surface area (Å²) >= 11 is 0. The van der Waals surface area contributed by atoms with E-state index in [-0.39, 0.29) is 0 Å². The van der Waals surface area contributed by atoms with Crippen LogP contribution in [0.1, 0.15) is 36.9 Å². The molecular formula is C15H19NO2. The van der Waals surface area contributed by atoms with Gasteiger partial charge in [-0.3, -0.25) is 4.90 Å². The summed E-state index contributed by atoms with van der Waals surface area (Å²) in [5, 5.41) is 0. The first-order valence-corrected chi connectivity index (χ1v) is 6.51. The van der Waals surface area contributed by atoms with Crippen molar-refractivity contribution in [1.82, 2.24) is 4.90 Å². The van der Waals surface area contributed by atoms with Gasteiger partial charge in [0.2, 0.25) is 6.79 Å². The average molecular weight is 245 g/mol. The Morgan fingerprint density at radius 2 is 1.94 bits per heavy atom. The van der Waals surface area contributed by atoms with Gasteiger partial charge in [-0.25, -0.2) is 0 Å². The van der Waals surface area contributed by atoms with Crippen LogP contribution in [0.5, 0.6) is 11.5 Å². The van der Waals surface area contributed by atoms with Gasteiger partial charge in [0.15, 0.2) is 11.5 Å². The number of ether oxygens (including phenoxy) is 2. The Bertz CT molecular complexity index is 505. The third-order valence-electron chi connectivity index (χ3n) is 3.62. The Balaban J connectivity index is 2.05. The first-order chi connectivity index (χ1) is 8.70. The highest BCUT2D eigenvalue weighted by molar-refractivity contribution is 5.70. The van der Waals surface area contributed by atoms with Crippen molar-refractivity contribution in [2.45, 2.75) is 25.8 Å². The van der Waals surface area contributed by atoms with Crippen LogP contribution in [0.15, 0.2) is 17.7 Å². The Morgan fingerprint density at radius 3 is 2.61 bits per heavy atom. The standard InChI is InChI=1S/C15H19NO2/c1-4-5-10-6-11-7-13-14(18-9-17-13)8-12(11)15(10)16(2)3/h6-8,15H,4-5,9H2,1-3H3. The second kappa shape index (κ2) is 4.32. The SMILES string of the molecule is CCCC1=Cc2cc3c(cc2C1N(C)C)OCO3. The highest BCUT2D eigenvalue weighted by atomic mass is 16.7. The second-order valence-corrected chi connectivity index (χ2v) is 5.17. The van der Waals surface area contributed by atoms with Crippen molar-refractivity contribution in [3.63, 3.8) is 0 Å². The Morgan fingerprint density at radius 1 is 1.22 bits per heavy atom. The van der Waals surface area contributed by atoms with Gasteiger partial charge in [-0.05, 0) is 49.3 Å². The van der Waals surface area contributed by atoms with E-state index in [1.54, 1.807) is 0 Å². The summed E-state index contributed by atoms with van der Waals surface area (Å²) in [6, 6.07) is 4.63. The molecule has 0 bridgehead atoms. The van der Waals surface area contributed by atoms with Gasteiger partial charge in [-0.1, -0.05) is 19.4 Å². The molecule has 0 saturated carbocycles. The Kier molecular flexibility index (Phi) is 2.78. The van der Waals surface area contributed by atoms with Crippen LogP contribution in [0.2, 0.25) is 0 Å². The van der Waals surface area contributed by atoms with Gasteiger partial charge < -0.3 is 9.47 Å². The lowest BCUT2D eigenvalue weighted by molar-refractivity contribution is 0.174. The van der Waals surface area contributed by atoms with Gasteiger partial charge in [0.05, 0.1) is 6.04 Å². The first-order valence-electron chi connectivity index (χ1n) is 6.51. The lowest BCUT2D eigenvalue weighted by Gasteiger charge is -2.24. The van der Waals surface area contributed by atoms with Gasteiger partial charge in [-0.15, -0.1) is 0 Å². The highest BCUT2D eigenvalue weighted by Gasteiger charge is 2.29. The van der Waals surface area contributed by atoms with Crippen LogP contribution in [0, 0.1) is 0 Å². The van der Waals surface area contributed by atoms with E-state index >= 15 is 0 Å². The summed E-state index contributed by atoms with van der Waals surface area (Å²) < 4.78 is 10.9. The van der Waals surface area contributed by atoms with Crippen molar-refractivity contribution in [3.05, 3.63) is 28.8 Å². The van der Waals surface area contributed by atoms with Gasteiger partial charge in [0.1, 0.15) is 0 Å². The summed E-state index contributed by atoms with van der Waals surface area (Å²) in [4.78, 5) is 2.27. The molecule has 0 radical (unpaired) electrons. The zero-order chi connectivity index (χ0) is 12.7. The first kappa shape index (κ1) is 11.6. The molecule has 96 valence electrons. The van der Waals surface area contributed by atoms with Crippen molar-refractivity contribution in [3.8, 4) is 11.5 Å². The fourth-order valence-corrected chi connectivity index (χ4v) is 2.92. The predicted molar refractivity (Wildman–Crippen MR) is 71.9 cm³/mol. The smallest absolute Gasteiger partial charge is 0.231 e. The van der Waals surface area contributed by atoms with Gasteiger partial charge in [0.25, 0.3) is 0 Å². The Labute approximate surface area is 108 Å². The van der Waals surface area contributed by atoms with E-state index in [9.17, 15) is 0 Å². The maximum absolute atomic E-state index is 5.48. The molecule has 1 unspecified atom stereocenters. The molecule has 0 saturated heterocycles. The maximum atomic E-state index is 5.48. The van der Waals surface area contributed by atoms with E-state index in [2.05, 4.69) is 44.1 Å². The van der Waals surface area contributed by atoms with Crippen LogP contribution in [-0.4, -0.2) is 25.8 Å². The molecule has 0 aromatic heterocycles. The van der Waals surface area contributed by atoms with Crippen LogP contribution in [0.4, 0.5) is 0 Å². The van der Waals surface area contributed by atoms with E-state index in [1.807, 2.05) is 0 Å². The molecule has 3 rings (SSSR count). The zero-order valence-corrected chi connectivity index (χ0v) is 11.2. The predicted octanol–water partition coefficient (Wildman–Crippen LogP) is 3.22. The molecule has 1 heterocycles. The minimum Gasteiger partial charge on any atom is -0.454 e. The summed E-state index contributed by atoms with van der Waals surface area (Å²) in [5.74, 6) is 1.76. The van der Waals surface area contributed by atoms with Crippen molar-refractivity contribution in [2.75, 3.05) is 20.9 Å². The second-order valence-electron chi connectivity index (χ2n) is 5.17. The molecule has 1 atom stereocenters. The summed E-state index contributed by atoms with van der Waals surface area (Å²) in [6.45, 7) is 2.57. The molecule has 18 heavy (non-hydrogen) atoms. The number of rotatable bonds is 3. The minimum atomic E-state index is 0.344. The van der Waals surface area contributed by atoms with Crippen LogP contribution in [-0.2, 0) is 0 Å². The fourth-order valence-electron chi connectivity index (χ4n) is 2.92. The van der Waals surface area contributed by atoms with Crippen molar-refractivity contribution < 1.29 is 9.47 Å². The van der Waals surface area contributed by atoms with E-state index in [1.165, 1.54) is 23.1 Å². The number of nitrogens with zero attached hydrogens (tertiary/aromatic N) is 1. The monoisotopic (exact) mass is 245 g/mol. The molecule has 0 amide bonds. The van der Waals surface area contributed by atoms with E-state index in [0.29, 0.717) is 12.8 Å². The molecule has 3 heteroatoms. The number of hydrogen-bond donors (Lipinski definition) is 0. The zero-order valence-electron chi connectivity index (χ0n) is 11.2. The third-order valence-corrected chi connectivity index (χ3v) is 3.62. The number of fused-ring (bicyclic) bond motifs is 2. The number of hydrogen-bond acceptors (Lipinski definition) is 3. The van der Waals surface area contributed by atoms with Crippen molar-refractivity contribution in [2.24, 2.45) is 0 Å². The van der Waals surface area contributed by atoms with Gasteiger partial charge in [-0.2, -0.15) is 0 Å². The van der Waals surface area contributed by atoms with E-state index < -0.39 is 0 Å². The molecule has 0 N–H and O–H groups in total.